The molecule has 0 saturated heterocycles. The summed E-state index contributed by atoms with van der Waals surface area (Å²) in [5.41, 5.74) is 4.91. The van der Waals surface area contributed by atoms with Crippen molar-refractivity contribution >= 4 is 5.97 Å². The summed E-state index contributed by atoms with van der Waals surface area (Å²) in [7, 11) is 0. The van der Waals surface area contributed by atoms with Crippen LogP contribution in [-0.2, 0) is 16.9 Å². The monoisotopic (exact) mass is 269 g/mol. The average Bonchev–Trinajstić information content (AvgIpc) is 2.75. The number of hydrogen-bond acceptors (Lipinski definition) is 4. The van der Waals surface area contributed by atoms with Gasteiger partial charge in [0.25, 0.3) is 0 Å². The van der Waals surface area contributed by atoms with E-state index in [1.54, 1.807) is 12.1 Å². The summed E-state index contributed by atoms with van der Waals surface area (Å²) in [6, 6.07) is 2.08. The molecule has 0 spiro atoms. The van der Waals surface area contributed by atoms with E-state index in [0.717, 1.165) is 0 Å². The maximum absolute atomic E-state index is 14.0. The van der Waals surface area contributed by atoms with Crippen LogP contribution in [0.15, 0.2) is 12.1 Å². The minimum absolute atomic E-state index is 0.0425. The lowest BCUT2D eigenvalue weighted by molar-refractivity contribution is -0.138. The van der Waals surface area contributed by atoms with Crippen molar-refractivity contribution in [1.82, 2.24) is 0 Å². The Labute approximate surface area is 110 Å². The quantitative estimate of drug-likeness (QED) is 0.867. The molecule has 1 heterocycles. The highest BCUT2D eigenvalue weighted by Gasteiger charge is 2.27. The number of fused-ring (bicyclic) bond motifs is 1. The third kappa shape index (κ3) is 2.78. The maximum Gasteiger partial charge on any atom is 0.320 e. The van der Waals surface area contributed by atoms with E-state index in [-0.39, 0.29) is 13.2 Å². The number of hydrogen-bond donors (Lipinski definition) is 2. The molecule has 1 aromatic carbocycles. The Bertz CT molecular complexity index is 510. The van der Waals surface area contributed by atoms with Gasteiger partial charge < -0.3 is 20.3 Å². The standard InChI is InChI=1S/C13H16FNO4/c1-13(2,14)8-3-7(4-9(15)12(16)17)11-10(5-8)18-6-19-11/h3,5,9H,4,6,15H2,1-2H3,(H,16,17). The summed E-state index contributed by atoms with van der Waals surface area (Å²) in [4.78, 5) is 10.8. The molecule has 2 rings (SSSR count). The predicted molar refractivity (Wildman–Crippen MR) is 66.0 cm³/mol. The van der Waals surface area contributed by atoms with Crippen molar-refractivity contribution in [1.29, 1.82) is 0 Å². The van der Waals surface area contributed by atoms with Gasteiger partial charge in [-0.25, -0.2) is 4.39 Å². The first-order valence-electron chi connectivity index (χ1n) is 5.89. The van der Waals surface area contributed by atoms with Gasteiger partial charge in [-0.3, -0.25) is 4.79 Å². The molecule has 0 bridgehead atoms. The van der Waals surface area contributed by atoms with Gasteiger partial charge in [-0.1, -0.05) is 0 Å². The van der Waals surface area contributed by atoms with Crippen LogP contribution in [0.5, 0.6) is 11.5 Å². The molecular formula is C13H16FNO4. The predicted octanol–water partition coefficient (Wildman–Crippen LogP) is 1.57. The maximum atomic E-state index is 14.0. The van der Waals surface area contributed by atoms with E-state index in [0.29, 0.717) is 22.6 Å². The van der Waals surface area contributed by atoms with Crippen LogP contribution in [0, 0.1) is 0 Å². The molecule has 0 amide bonds. The smallest absolute Gasteiger partial charge is 0.320 e. The second kappa shape index (κ2) is 4.70. The highest BCUT2D eigenvalue weighted by atomic mass is 19.1. The van der Waals surface area contributed by atoms with Crippen molar-refractivity contribution in [2.24, 2.45) is 5.73 Å². The van der Waals surface area contributed by atoms with Gasteiger partial charge in [-0.15, -0.1) is 0 Å². The zero-order valence-electron chi connectivity index (χ0n) is 10.8. The van der Waals surface area contributed by atoms with Crippen LogP contribution in [0.4, 0.5) is 4.39 Å². The average molecular weight is 269 g/mol. The van der Waals surface area contributed by atoms with Gasteiger partial charge in [-0.2, -0.15) is 0 Å². The van der Waals surface area contributed by atoms with E-state index >= 15 is 0 Å². The number of carboxylic acids is 1. The fourth-order valence-corrected chi connectivity index (χ4v) is 1.90. The summed E-state index contributed by atoms with van der Waals surface area (Å²) < 4.78 is 24.5. The second-order valence-electron chi connectivity index (χ2n) is 4.99. The Morgan fingerprint density at radius 2 is 2.21 bits per heavy atom. The minimum atomic E-state index is -1.55. The molecule has 1 aliphatic rings. The largest absolute Gasteiger partial charge is 0.480 e. The van der Waals surface area contributed by atoms with Gasteiger partial charge in [0, 0.05) is 12.0 Å². The van der Waals surface area contributed by atoms with Gasteiger partial charge in [-0.05, 0) is 31.5 Å². The number of ether oxygens (including phenoxy) is 2. The van der Waals surface area contributed by atoms with E-state index in [1.807, 2.05) is 0 Å². The molecular weight excluding hydrogens is 253 g/mol. The highest BCUT2D eigenvalue weighted by Crippen LogP contribution is 2.40. The summed E-state index contributed by atoms with van der Waals surface area (Å²) >= 11 is 0. The number of halogens is 1. The molecule has 0 aromatic heterocycles. The first kappa shape index (κ1) is 13.6. The van der Waals surface area contributed by atoms with E-state index in [2.05, 4.69) is 0 Å². The van der Waals surface area contributed by atoms with Crippen LogP contribution in [0.25, 0.3) is 0 Å². The van der Waals surface area contributed by atoms with Crippen molar-refractivity contribution in [3.05, 3.63) is 23.3 Å². The SMILES string of the molecule is CC(C)(F)c1cc(CC(N)C(=O)O)c2c(c1)OCO2. The molecule has 1 aromatic rings. The number of carboxylic acid groups (broad SMARTS) is 1. The molecule has 0 fully saturated rings. The first-order valence-corrected chi connectivity index (χ1v) is 5.89. The Morgan fingerprint density at radius 3 is 2.79 bits per heavy atom. The zero-order chi connectivity index (χ0) is 14.2. The third-order valence-electron chi connectivity index (χ3n) is 2.99. The molecule has 1 aliphatic heterocycles. The van der Waals surface area contributed by atoms with Crippen LogP contribution in [0.1, 0.15) is 25.0 Å². The molecule has 5 nitrogen and oxygen atoms in total. The van der Waals surface area contributed by atoms with Crippen molar-refractivity contribution in [2.75, 3.05) is 6.79 Å². The Kier molecular flexibility index (Phi) is 3.36. The fraction of sp³-hybridized carbons (Fsp3) is 0.462. The van der Waals surface area contributed by atoms with Crippen LogP contribution < -0.4 is 15.2 Å². The van der Waals surface area contributed by atoms with Crippen LogP contribution >= 0.6 is 0 Å². The molecule has 0 aliphatic carbocycles. The lowest BCUT2D eigenvalue weighted by Gasteiger charge is -2.18. The number of rotatable bonds is 4. The Hall–Kier alpha value is -1.82. The van der Waals surface area contributed by atoms with Crippen LogP contribution in [0.2, 0.25) is 0 Å². The second-order valence-corrected chi connectivity index (χ2v) is 4.99. The molecule has 0 saturated carbocycles. The van der Waals surface area contributed by atoms with Crippen molar-refractivity contribution in [3.63, 3.8) is 0 Å². The number of aliphatic carboxylic acids is 1. The van der Waals surface area contributed by atoms with Gasteiger partial charge in [0.1, 0.15) is 11.7 Å². The molecule has 0 radical (unpaired) electrons. The summed E-state index contributed by atoms with van der Waals surface area (Å²) in [5.74, 6) is -0.238. The topological polar surface area (TPSA) is 81.8 Å². The van der Waals surface area contributed by atoms with Crippen molar-refractivity contribution in [3.8, 4) is 11.5 Å². The van der Waals surface area contributed by atoms with E-state index < -0.39 is 17.7 Å². The third-order valence-corrected chi connectivity index (χ3v) is 2.99. The van der Waals surface area contributed by atoms with Gasteiger partial charge in [0.15, 0.2) is 11.5 Å². The van der Waals surface area contributed by atoms with Crippen molar-refractivity contribution < 1.29 is 23.8 Å². The molecule has 104 valence electrons. The molecule has 19 heavy (non-hydrogen) atoms. The van der Waals surface area contributed by atoms with Crippen LogP contribution in [-0.4, -0.2) is 23.9 Å². The number of carbonyl (C=O) groups is 1. The number of alkyl halides is 1. The number of nitrogens with two attached hydrogens (primary N) is 1. The first-order chi connectivity index (χ1) is 8.79. The minimum Gasteiger partial charge on any atom is -0.480 e. The van der Waals surface area contributed by atoms with E-state index in [4.69, 9.17) is 20.3 Å². The van der Waals surface area contributed by atoms with Gasteiger partial charge in [0.05, 0.1) is 0 Å². The Morgan fingerprint density at radius 1 is 1.53 bits per heavy atom. The summed E-state index contributed by atoms with van der Waals surface area (Å²) in [6.07, 6.45) is 0.0605. The highest BCUT2D eigenvalue weighted by molar-refractivity contribution is 5.74. The molecule has 6 heteroatoms. The van der Waals surface area contributed by atoms with E-state index in [1.165, 1.54) is 13.8 Å². The molecule has 1 atom stereocenters. The molecule has 3 N–H and O–H groups in total. The van der Waals surface area contributed by atoms with Crippen molar-refractivity contribution in [2.45, 2.75) is 32.0 Å². The normalized spacial score (nSPS) is 15.4. The lowest BCUT2D eigenvalue weighted by Crippen LogP contribution is -2.32. The zero-order valence-corrected chi connectivity index (χ0v) is 10.8. The number of benzene rings is 1. The fourth-order valence-electron chi connectivity index (χ4n) is 1.90. The summed E-state index contributed by atoms with van der Waals surface area (Å²) in [5, 5.41) is 8.85. The summed E-state index contributed by atoms with van der Waals surface area (Å²) in [6.45, 7) is 2.89. The lowest BCUT2D eigenvalue weighted by atomic mass is 9.94. The van der Waals surface area contributed by atoms with E-state index in [9.17, 15) is 9.18 Å². The van der Waals surface area contributed by atoms with Crippen LogP contribution in [0.3, 0.4) is 0 Å². The van der Waals surface area contributed by atoms with Gasteiger partial charge in [0.2, 0.25) is 6.79 Å². The molecule has 1 unspecified atom stereocenters. The Balaban J connectivity index is 2.41. The van der Waals surface area contributed by atoms with Gasteiger partial charge >= 0.3 is 5.97 Å².